The number of sulfonamides is 1. The molecule has 0 saturated carbocycles. The van der Waals surface area contributed by atoms with Gasteiger partial charge >= 0.3 is 0 Å². The molecule has 2 fully saturated rings. The van der Waals surface area contributed by atoms with E-state index in [-0.39, 0.29) is 6.04 Å². The van der Waals surface area contributed by atoms with Crippen molar-refractivity contribution in [2.24, 2.45) is 0 Å². The van der Waals surface area contributed by atoms with Crippen LogP contribution < -0.4 is 5.32 Å². The molecule has 0 radical (unpaired) electrons. The molecule has 4 nitrogen and oxygen atoms in total. The molecule has 118 valence electrons. The number of aryl methyl sites for hydroxylation is 1. The summed E-state index contributed by atoms with van der Waals surface area (Å²) in [5, 5.41) is 3.48. The minimum Gasteiger partial charge on any atom is -0.312 e. The fraction of sp³-hybridized carbons (Fsp3) is 0.714. The van der Waals surface area contributed by atoms with Crippen LogP contribution in [0.3, 0.4) is 0 Å². The van der Waals surface area contributed by atoms with E-state index in [9.17, 15) is 8.42 Å². The molecule has 0 aliphatic carbocycles. The molecule has 3 heterocycles. The second-order valence-corrected chi connectivity index (χ2v) is 10.4. The lowest BCUT2D eigenvalue weighted by Crippen LogP contribution is -2.52. The van der Waals surface area contributed by atoms with Gasteiger partial charge in [0.25, 0.3) is 10.0 Å². The number of piperidine rings is 1. The minimum atomic E-state index is -3.37. The lowest BCUT2D eigenvalue weighted by atomic mass is 9.97. The second kappa shape index (κ2) is 6.28. The van der Waals surface area contributed by atoms with Crippen molar-refractivity contribution in [2.75, 3.05) is 13.1 Å². The highest BCUT2D eigenvalue weighted by molar-refractivity contribution is 9.11. The maximum Gasteiger partial charge on any atom is 0.252 e. The quantitative estimate of drug-likeness (QED) is 0.859. The van der Waals surface area contributed by atoms with Crippen molar-refractivity contribution in [1.29, 1.82) is 0 Å². The Kier molecular flexibility index (Phi) is 4.76. The molecule has 0 bridgehead atoms. The van der Waals surface area contributed by atoms with Crippen LogP contribution in [0, 0.1) is 6.92 Å². The van der Waals surface area contributed by atoms with Crippen molar-refractivity contribution in [1.82, 2.24) is 9.62 Å². The summed E-state index contributed by atoms with van der Waals surface area (Å²) in [6.45, 7) is 3.60. The van der Waals surface area contributed by atoms with E-state index in [1.807, 2.05) is 6.92 Å². The number of hydrogen-bond acceptors (Lipinski definition) is 4. The SMILES string of the molecule is Cc1cc(S(=O)(=O)N2CCCCC2C2CCCN2)sc1Br. The standard InChI is InChI=1S/C14H21BrN2O2S2/c1-10-9-13(20-14(10)15)21(18,19)17-8-3-2-6-12(17)11-5-4-7-16-11/h9,11-12,16H,2-8H2,1H3. The zero-order chi connectivity index (χ0) is 15.0. The van der Waals surface area contributed by atoms with E-state index in [2.05, 4.69) is 21.2 Å². The zero-order valence-corrected chi connectivity index (χ0v) is 15.4. The molecule has 1 aromatic rings. The van der Waals surface area contributed by atoms with Gasteiger partial charge in [0.2, 0.25) is 0 Å². The van der Waals surface area contributed by atoms with Gasteiger partial charge in [-0.15, -0.1) is 11.3 Å². The van der Waals surface area contributed by atoms with Crippen molar-refractivity contribution < 1.29 is 8.42 Å². The first-order valence-electron chi connectivity index (χ1n) is 7.51. The highest BCUT2D eigenvalue weighted by atomic mass is 79.9. The van der Waals surface area contributed by atoms with E-state index in [4.69, 9.17) is 0 Å². The van der Waals surface area contributed by atoms with Gasteiger partial charge in [0, 0.05) is 18.6 Å². The molecule has 2 aliphatic heterocycles. The first-order chi connectivity index (χ1) is 10.00. The zero-order valence-electron chi connectivity index (χ0n) is 12.1. The van der Waals surface area contributed by atoms with Crippen molar-refractivity contribution in [2.45, 2.75) is 55.3 Å². The van der Waals surface area contributed by atoms with Crippen LogP contribution in [-0.2, 0) is 10.0 Å². The van der Waals surface area contributed by atoms with Crippen molar-refractivity contribution in [3.63, 3.8) is 0 Å². The molecule has 21 heavy (non-hydrogen) atoms. The number of nitrogens with one attached hydrogen (secondary N) is 1. The van der Waals surface area contributed by atoms with Crippen LogP contribution in [0.1, 0.15) is 37.7 Å². The normalized spacial score (nSPS) is 28.1. The molecular formula is C14H21BrN2O2S2. The van der Waals surface area contributed by atoms with Gasteiger partial charge in [-0.2, -0.15) is 4.31 Å². The van der Waals surface area contributed by atoms with Crippen molar-refractivity contribution in [3.05, 3.63) is 15.4 Å². The summed E-state index contributed by atoms with van der Waals surface area (Å²) in [5.74, 6) is 0. The Balaban J connectivity index is 1.91. The molecule has 0 aromatic carbocycles. The summed E-state index contributed by atoms with van der Waals surface area (Å²) in [6, 6.07) is 2.23. The van der Waals surface area contributed by atoms with Crippen LogP contribution in [-0.4, -0.2) is 37.9 Å². The Hall–Kier alpha value is 0.0500. The smallest absolute Gasteiger partial charge is 0.252 e. The maximum atomic E-state index is 13.0. The van der Waals surface area contributed by atoms with E-state index in [1.54, 1.807) is 10.4 Å². The number of nitrogens with zero attached hydrogens (tertiary/aromatic N) is 1. The first-order valence-corrected chi connectivity index (χ1v) is 10.6. The predicted octanol–water partition coefficient (Wildman–Crippen LogP) is 3.11. The Labute approximate surface area is 139 Å². The van der Waals surface area contributed by atoms with Crippen molar-refractivity contribution >= 4 is 37.3 Å². The Bertz CT molecular complexity index is 589. The van der Waals surface area contributed by atoms with E-state index in [0.29, 0.717) is 16.8 Å². The monoisotopic (exact) mass is 392 g/mol. The molecule has 1 N–H and O–H groups in total. The molecule has 2 aliphatic rings. The lowest BCUT2D eigenvalue weighted by Gasteiger charge is -2.37. The summed E-state index contributed by atoms with van der Waals surface area (Å²) < 4.78 is 29.2. The fourth-order valence-electron chi connectivity index (χ4n) is 3.35. The van der Waals surface area contributed by atoms with Crippen LogP contribution in [0.5, 0.6) is 0 Å². The van der Waals surface area contributed by atoms with Gasteiger partial charge < -0.3 is 5.32 Å². The van der Waals surface area contributed by atoms with Gasteiger partial charge in [0.1, 0.15) is 4.21 Å². The minimum absolute atomic E-state index is 0.118. The topological polar surface area (TPSA) is 49.4 Å². The van der Waals surface area contributed by atoms with Gasteiger partial charge in [-0.05, 0) is 66.7 Å². The molecule has 3 rings (SSSR count). The third-order valence-corrected chi connectivity index (χ3v) is 8.97. The Morgan fingerprint density at radius 1 is 1.33 bits per heavy atom. The Morgan fingerprint density at radius 3 is 2.76 bits per heavy atom. The maximum absolute atomic E-state index is 13.0. The molecule has 2 atom stereocenters. The van der Waals surface area contributed by atoms with Gasteiger partial charge in [-0.3, -0.25) is 0 Å². The average Bonchev–Trinajstić information content (AvgIpc) is 3.10. The fourth-order valence-corrected chi connectivity index (χ4v) is 7.43. The van der Waals surface area contributed by atoms with Gasteiger partial charge in [0.15, 0.2) is 0 Å². The Morgan fingerprint density at radius 2 is 2.14 bits per heavy atom. The largest absolute Gasteiger partial charge is 0.312 e. The molecule has 2 saturated heterocycles. The summed E-state index contributed by atoms with van der Waals surface area (Å²) in [6.07, 6.45) is 5.31. The lowest BCUT2D eigenvalue weighted by molar-refractivity contribution is 0.211. The van der Waals surface area contributed by atoms with Crippen LogP contribution in [0.2, 0.25) is 0 Å². The summed E-state index contributed by atoms with van der Waals surface area (Å²) >= 11 is 4.76. The predicted molar refractivity (Wildman–Crippen MR) is 89.3 cm³/mol. The third kappa shape index (κ3) is 3.08. The number of halogens is 1. The summed E-state index contributed by atoms with van der Waals surface area (Å²) in [7, 11) is -3.37. The van der Waals surface area contributed by atoms with E-state index >= 15 is 0 Å². The first kappa shape index (κ1) is 15.9. The molecular weight excluding hydrogens is 372 g/mol. The van der Waals surface area contributed by atoms with E-state index in [1.165, 1.54) is 11.3 Å². The number of rotatable bonds is 3. The van der Waals surface area contributed by atoms with E-state index in [0.717, 1.165) is 48.0 Å². The van der Waals surface area contributed by atoms with Crippen LogP contribution in [0.4, 0.5) is 0 Å². The molecule has 2 unspecified atom stereocenters. The van der Waals surface area contributed by atoms with Crippen LogP contribution in [0.25, 0.3) is 0 Å². The van der Waals surface area contributed by atoms with Gasteiger partial charge in [-0.1, -0.05) is 6.42 Å². The second-order valence-electron chi connectivity index (χ2n) is 5.90. The van der Waals surface area contributed by atoms with Gasteiger partial charge in [0.05, 0.1) is 3.79 Å². The summed E-state index contributed by atoms with van der Waals surface area (Å²) in [4.78, 5) is 0. The van der Waals surface area contributed by atoms with Crippen LogP contribution >= 0.6 is 27.3 Å². The van der Waals surface area contributed by atoms with Crippen molar-refractivity contribution in [3.8, 4) is 0 Å². The molecule has 1 aromatic heterocycles. The van der Waals surface area contributed by atoms with Crippen LogP contribution in [0.15, 0.2) is 14.1 Å². The number of thiophene rings is 1. The average molecular weight is 393 g/mol. The summed E-state index contributed by atoms with van der Waals surface area (Å²) in [5.41, 5.74) is 0.992. The molecule has 0 spiro atoms. The van der Waals surface area contributed by atoms with Gasteiger partial charge in [-0.25, -0.2) is 8.42 Å². The third-order valence-electron chi connectivity index (χ3n) is 4.46. The highest BCUT2D eigenvalue weighted by Crippen LogP contribution is 2.35. The number of hydrogen-bond donors (Lipinski definition) is 1. The molecule has 7 heteroatoms. The van der Waals surface area contributed by atoms with E-state index < -0.39 is 10.0 Å². The highest BCUT2D eigenvalue weighted by Gasteiger charge is 2.39. The molecule has 0 amide bonds.